The molecule has 0 aliphatic rings. The zero-order valence-corrected chi connectivity index (χ0v) is 12.2. The van der Waals surface area contributed by atoms with Gasteiger partial charge in [-0.2, -0.15) is 0 Å². The van der Waals surface area contributed by atoms with Crippen molar-refractivity contribution in [3.63, 3.8) is 0 Å². The summed E-state index contributed by atoms with van der Waals surface area (Å²) in [6, 6.07) is 3.54. The summed E-state index contributed by atoms with van der Waals surface area (Å²) in [6.45, 7) is 2.88. The maximum Gasteiger partial charge on any atom is 0.273 e. The second-order valence-electron chi connectivity index (χ2n) is 4.61. The molecule has 0 aromatic carbocycles. The molecule has 1 aromatic heterocycles. The van der Waals surface area contributed by atoms with E-state index < -0.39 is 0 Å². The van der Waals surface area contributed by atoms with Crippen molar-refractivity contribution in [2.24, 2.45) is 0 Å². The lowest BCUT2D eigenvalue weighted by Crippen LogP contribution is -2.29. The molecular weight excluding hydrogens is 252 g/mol. The number of carbonyl (C=O) groups is 1. The molecule has 0 aliphatic heterocycles. The van der Waals surface area contributed by atoms with Gasteiger partial charge in [0.1, 0.15) is 5.69 Å². The SMILES string of the molecule is CCCCCN(C)C(=O)c1ncccc1C#CCCO. The van der Waals surface area contributed by atoms with E-state index in [9.17, 15) is 4.79 Å². The number of unbranched alkanes of at least 4 members (excludes halogenated alkanes) is 2. The summed E-state index contributed by atoms with van der Waals surface area (Å²) in [6.07, 6.45) is 5.24. The van der Waals surface area contributed by atoms with E-state index in [4.69, 9.17) is 5.11 Å². The number of aliphatic hydroxyl groups excluding tert-OH is 1. The minimum absolute atomic E-state index is 0.0213. The van der Waals surface area contributed by atoms with Crippen molar-refractivity contribution >= 4 is 5.91 Å². The number of nitrogens with zero attached hydrogens (tertiary/aromatic N) is 2. The number of amides is 1. The van der Waals surface area contributed by atoms with E-state index in [-0.39, 0.29) is 12.5 Å². The van der Waals surface area contributed by atoms with E-state index in [0.717, 1.165) is 25.8 Å². The summed E-state index contributed by atoms with van der Waals surface area (Å²) in [5.41, 5.74) is 1.00. The first-order valence-corrected chi connectivity index (χ1v) is 7.01. The van der Waals surface area contributed by atoms with E-state index in [1.807, 2.05) is 0 Å². The highest BCUT2D eigenvalue weighted by Gasteiger charge is 2.15. The van der Waals surface area contributed by atoms with Gasteiger partial charge < -0.3 is 10.0 Å². The average molecular weight is 274 g/mol. The van der Waals surface area contributed by atoms with E-state index in [1.165, 1.54) is 0 Å². The molecule has 1 aromatic rings. The minimum Gasteiger partial charge on any atom is -0.395 e. The van der Waals surface area contributed by atoms with Crippen molar-refractivity contribution in [3.05, 3.63) is 29.6 Å². The monoisotopic (exact) mass is 274 g/mol. The average Bonchev–Trinajstić information content (AvgIpc) is 2.47. The molecule has 108 valence electrons. The molecule has 4 nitrogen and oxygen atoms in total. The maximum atomic E-state index is 12.3. The summed E-state index contributed by atoms with van der Waals surface area (Å²) in [5, 5.41) is 8.74. The number of rotatable bonds is 6. The van der Waals surface area contributed by atoms with Gasteiger partial charge in [0.15, 0.2) is 0 Å². The second kappa shape index (κ2) is 9.11. The first-order chi connectivity index (χ1) is 9.70. The van der Waals surface area contributed by atoms with Gasteiger partial charge in [0.05, 0.1) is 12.2 Å². The smallest absolute Gasteiger partial charge is 0.273 e. The van der Waals surface area contributed by atoms with Gasteiger partial charge >= 0.3 is 0 Å². The Labute approximate surface area is 120 Å². The second-order valence-corrected chi connectivity index (χ2v) is 4.61. The summed E-state index contributed by atoms with van der Waals surface area (Å²) >= 11 is 0. The molecule has 1 heterocycles. The quantitative estimate of drug-likeness (QED) is 0.638. The van der Waals surface area contributed by atoms with Crippen molar-refractivity contribution in [2.75, 3.05) is 20.2 Å². The van der Waals surface area contributed by atoms with E-state index >= 15 is 0 Å². The number of pyridine rings is 1. The van der Waals surface area contributed by atoms with Crippen LogP contribution in [-0.4, -0.2) is 41.1 Å². The van der Waals surface area contributed by atoms with Crippen LogP contribution in [0.25, 0.3) is 0 Å². The van der Waals surface area contributed by atoms with E-state index in [0.29, 0.717) is 17.7 Å². The lowest BCUT2D eigenvalue weighted by molar-refractivity contribution is 0.0786. The van der Waals surface area contributed by atoms with Crippen LogP contribution in [0, 0.1) is 11.8 Å². The van der Waals surface area contributed by atoms with Crippen LogP contribution in [0.5, 0.6) is 0 Å². The standard InChI is InChI=1S/C16H22N2O2/c1-3-4-6-12-18(2)16(20)15-14(9-5-7-13-19)10-8-11-17-15/h8,10-11,19H,3-4,6-7,12-13H2,1-2H3. The fourth-order valence-corrected chi connectivity index (χ4v) is 1.77. The highest BCUT2D eigenvalue weighted by Crippen LogP contribution is 2.08. The largest absolute Gasteiger partial charge is 0.395 e. The molecule has 0 radical (unpaired) electrons. The number of hydrogen-bond donors (Lipinski definition) is 1. The number of hydrogen-bond acceptors (Lipinski definition) is 3. The van der Waals surface area contributed by atoms with Gasteiger partial charge in [-0.15, -0.1) is 0 Å². The Morgan fingerprint density at radius 2 is 2.25 bits per heavy atom. The predicted molar refractivity (Wildman–Crippen MR) is 79.3 cm³/mol. The number of carbonyl (C=O) groups excluding carboxylic acids is 1. The first-order valence-electron chi connectivity index (χ1n) is 7.01. The summed E-state index contributed by atoms with van der Waals surface area (Å²) in [5.74, 6) is 5.62. The molecule has 0 bridgehead atoms. The maximum absolute atomic E-state index is 12.3. The summed E-state index contributed by atoms with van der Waals surface area (Å²) in [7, 11) is 1.79. The Kier molecular flexibility index (Phi) is 7.38. The van der Waals surface area contributed by atoms with Crippen LogP contribution in [-0.2, 0) is 0 Å². The molecule has 1 amide bonds. The Morgan fingerprint density at radius 3 is 2.95 bits per heavy atom. The van der Waals surface area contributed by atoms with E-state index in [2.05, 4.69) is 23.7 Å². The third-order valence-corrected chi connectivity index (χ3v) is 2.91. The molecule has 1 N–H and O–H groups in total. The zero-order valence-electron chi connectivity index (χ0n) is 12.2. The molecule has 20 heavy (non-hydrogen) atoms. The van der Waals surface area contributed by atoms with Gasteiger partial charge in [-0.25, -0.2) is 4.98 Å². The number of aliphatic hydroxyl groups is 1. The fourth-order valence-electron chi connectivity index (χ4n) is 1.77. The Morgan fingerprint density at radius 1 is 1.45 bits per heavy atom. The molecule has 1 rings (SSSR count). The molecular formula is C16H22N2O2. The van der Waals surface area contributed by atoms with Crippen LogP contribution in [0.2, 0.25) is 0 Å². The van der Waals surface area contributed by atoms with Gasteiger partial charge in [-0.3, -0.25) is 4.79 Å². The molecule has 0 saturated heterocycles. The molecule has 0 aliphatic carbocycles. The summed E-state index contributed by atoms with van der Waals surface area (Å²) < 4.78 is 0. The normalized spacial score (nSPS) is 9.75. The van der Waals surface area contributed by atoms with Crippen LogP contribution < -0.4 is 0 Å². The van der Waals surface area contributed by atoms with Crippen molar-refractivity contribution in [1.29, 1.82) is 0 Å². The molecule has 0 atom stereocenters. The third kappa shape index (κ3) is 5.02. The predicted octanol–water partition coefficient (Wildman–Crippen LogP) is 2.08. The molecule has 4 heteroatoms. The van der Waals surface area contributed by atoms with Crippen LogP contribution in [0.3, 0.4) is 0 Å². The van der Waals surface area contributed by atoms with Crippen LogP contribution in [0.1, 0.15) is 48.7 Å². The van der Waals surface area contributed by atoms with Crippen LogP contribution in [0.4, 0.5) is 0 Å². The van der Waals surface area contributed by atoms with Crippen LogP contribution in [0.15, 0.2) is 18.3 Å². The zero-order chi connectivity index (χ0) is 14.8. The molecule has 0 spiro atoms. The van der Waals surface area contributed by atoms with Gasteiger partial charge in [-0.05, 0) is 18.6 Å². The van der Waals surface area contributed by atoms with E-state index in [1.54, 1.807) is 30.3 Å². The molecule has 0 unspecified atom stereocenters. The van der Waals surface area contributed by atoms with Crippen molar-refractivity contribution < 1.29 is 9.90 Å². The third-order valence-electron chi connectivity index (χ3n) is 2.91. The van der Waals surface area contributed by atoms with Gasteiger partial charge in [-0.1, -0.05) is 31.6 Å². The summed E-state index contributed by atoms with van der Waals surface area (Å²) in [4.78, 5) is 18.2. The highest BCUT2D eigenvalue weighted by molar-refractivity contribution is 5.94. The van der Waals surface area contributed by atoms with Crippen molar-refractivity contribution in [3.8, 4) is 11.8 Å². The lowest BCUT2D eigenvalue weighted by Gasteiger charge is -2.17. The lowest BCUT2D eigenvalue weighted by atomic mass is 10.1. The van der Waals surface area contributed by atoms with Gasteiger partial charge in [0, 0.05) is 26.2 Å². The van der Waals surface area contributed by atoms with Gasteiger partial charge in [0.25, 0.3) is 5.91 Å². The van der Waals surface area contributed by atoms with Crippen molar-refractivity contribution in [2.45, 2.75) is 32.6 Å². The van der Waals surface area contributed by atoms with Gasteiger partial charge in [0.2, 0.25) is 0 Å². The van der Waals surface area contributed by atoms with Crippen LogP contribution >= 0.6 is 0 Å². The Hall–Kier alpha value is -1.86. The fraction of sp³-hybridized carbons (Fsp3) is 0.500. The number of aromatic nitrogens is 1. The first kappa shape index (κ1) is 16.2. The Balaban J connectivity index is 2.79. The van der Waals surface area contributed by atoms with Crippen molar-refractivity contribution in [1.82, 2.24) is 9.88 Å². The molecule has 0 saturated carbocycles. The molecule has 0 fully saturated rings. The minimum atomic E-state index is -0.102. The topological polar surface area (TPSA) is 53.4 Å². The highest BCUT2D eigenvalue weighted by atomic mass is 16.2. The Bertz CT molecular complexity index is 489.